The number of nitrogens with one attached hydrogen (secondary N) is 1. The van der Waals surface area contributed by atoms with Crippen LogP contribution in [0.3, 0.4) is 0 Å². The highest BCUT2D eigenvalue weighted by Gasteiger charge is 2.16. The van der Waals surface area contributed by atoms with Crippen molar-refractivity contribution in [3.8, 4) is 0 Å². The molecule has 3 aromatic rings. The van der Waals surface area contributed by atoms with Crippen LogP contribution in [-0.4, -0.2) is 35.1 Å². The highest BCUT2D eigenvalue weighted by molar-refractivity contribution is 7.20. The smallest absolute Gasteiger partial charge is 0.266 e. The van der Waals surface area contributed by atoms with E-state index in [0.29, 0.717) is 27.3 Å². The van der Waals surface area contributed by atoms with E-state index in [0.717, 1.165) is 5.56 Å². The first-order valence-corrected chi connectivity index (χ1v) is 8.04. The van der Waals surface area contributed by atoms with Gasteiger partial charge in [-0.2, -0.15) is 0 Å². The van der Waals surface area contributed by atoms with E-state index in [1.807, 2.05) is 26.0 Å². The molecule has 0 aliphatic rings. The number of ether oxygens (including phenoxy) is 1. The average Bonchev–Trinajstić information content (AvgIpc) is 2.93. The van der Waals surface area contributed by atoms with Gasteiger partial charge in [0.2, 0.25) is 0 Å². The number of aromatic nitrogens is 2. The minimum absolute atomic E-state index is 0.104. The van der Waals surface area contributed by atoms with Crippen molar-refractivity contribution < 1.29 is 9.53 Å². The maximum atomic E-state index is 12.6. The Morgan fingerprint density at radius 1 is 1.52 bits per heavy atom. The van der Waals surface area contributed by atoms with Crippen LogP contribution >= 0.6 is 11.3 Å². The van der Waals surface area contributed by atoms with Crippen LogP contribution < -0.4 is 10.9 Å². The third kappa shape index (κ3) is 2.85. The lowest BCUT2D eigenvalue weighted by Gasteiger charge is -2.11. The number of fused-ring (bicyclic) bond motifs is 2. The quantitative estimate of drug-likeness (QED) is 0.793. The van der Waals surface area contributed by atoms with Gasteiger partial charge in [0.15, 0.2) is 0 Å². The predicted octanol–water partition coefficient (Wildman–Crippen LogP) is 1.98. The summed E-state index contributed by atoms with van der Waals surface area (Å²) in [7, 11) is 1.58. The summed E-state index contributed by atoms with van der Waals surface area (Å²) in [5.41, 5.74) is 1.38. The molecule has 0 saturated heterocycles. The molecule has 0 saturated carbocycles. The Balaban J connectivity index is 2.07. The van der Waals surface area contributed by atoms with Gasteiger partial charge in [0.1, 0.15) is 10.5 Å². The van der Waals surface area contributed by atoms with Gasteiger partial charge >= 0.3 is 0 Å². The van der Waals surface area contributed by atoms with E-state index >= 15 is 0 Å². The molecule has 1 amide bonds. The fourth-order valence-corrected chi connectivity index (χ4v) is 3.38. The van der Waals surface area contributed by atoms with Crippen molar-refractivity contribution in [3.05, 3.63) is 45.2 Å². The molecule has 120 valence electrons. The zero-order valence-corrected chi connectivity index (χ0v) is 13.9. The van der Waals surface area contributed by atoms with E-state index in [1.54, 1.807) is 19.4 Å². The lowest BCUT2D eigenvalue weighted by Crippen LogP contribution is -2.35. The molecule has 0 aliphatic carbocycles. The molecule has 0 aliphatic heterocycles. The minimum Gasteiger partial charge on any atom is -0.383 e. The first kappa shape index (κ1) is 15.6. The summed E-state index contributed by atoms with van der Waals surface area (Å²) in [6.45, 7) is 4.20. The average molecular weight is 331 g/mol. The molecule has 3 rings (SSSR count). The van der Waals surface area contributed by atoms with Gasteiger partial charge in [-0.25, -0.2) is 4.98 Å². The van der Waals surface area contributed by atoms with Crippen LogP contribution in [-0.2, 0) is 4.74 Å². The number of rotatable bonds is 4. The SMILES string of the molecule is COC[C@H](C)NC(=O)c1cc2c(=O)n3cccc(C)c3nc2s1. The van der Waals surface area contributed by atoms with Gasteiger partial charge in [0, 0.05) is 19.3 Å². The summed E-state index contributed by atoms with van der Waals surface area (Å²) in [4.78, 5) is 30.4. The summed E-state index contributed by atoms with van der Waals surface area (Å²) in [5.74, 6) is -0.220. The molecule has 0 radical (unpaired) electrons. The second-order valence-electron chi connectivity index (χ2n) is 5.46. The number of carbonyl (C=O) groups is 1. The van der Waals surface area contributed by atoms with E-state index in [4.69, 9.17) is 4.74 Å². The van der Waals surface area contributed by atoms with E-state index < -0.39 is 0 Å². The number of nitrogens with zero attached hydrogens (tertiary/aromatic N) is 2. The number of pyridine rings is 1. The molecular weight excluding hydrogens is 314 g/mol. The molecule has 1 N–H and O–H groups in total. The molecule has 6 nitrogen and oxygen atoms in total. The number of aryl methyl sites for hydroxylation is 1. The van der Waals surface area contributed by atoms with Crippen LogP contribution in [0, 0.1) is 6.92 Å². The highest BCUT2D eigenvalue weighted by Crippen LogP contribution is 2.22. The first-order chi connectivity index (χ1) is 11.0. The fraction of sp³-hybridized carbons (Fsp3) is 0.312. The van der Waals surface area contributed by atoms with Gasteiger partial charge in [0.25, 0.3) is 11.5 Å². The summed E-state index contributed by atoms with van der Waals surface area (Å²) in [5, 5.41) is 3.30. The van der Waals surface area contributed by atoms with Crippen molar-refractivity contribution in [1.29, 1.82) is 0 Å². The van der Waals surface area contributed by atoms with Gasteiger partial charge in [-0.3, -0.25) is 14.0 Å². The zero-order valence-electron chi connectivity index (χ0n) is 13.1. The van der Waals surface area contributed by atoms with Crippen LogP contribution in [0.25, 0.3) is 15.9 Å². The number of hydrogen-bond donors (Lipinski definition) is 1. The number of hydrogen-bond acceptors (Lipinski definition) is 5. The normalized spacial score (nSPS) is 12.7. The van der Waals surface area contributed by atoms with Gasteiger partial charge in [-0.05, 0) is 31.5 Å². The third-order valence-corrected chi connectivity index (χ3v) is 4.58. The van der Waals surface area contributed by atoms with E-state index in [2.05, 4.69) is 10.3 Å². The molecule has 0 fully saturated rings. The van der Waals surface area contributed by atoms with E-state index in [9.17, 15) is 9.59 Å². The Hall–Kier alpha value is -2.25. The van der Waals surface area contributed by atoms with Crippen molar-refractivity contribution in [2.75, 3.05) is 13.7 Å². The van der Waals surface area contributed by atoms with Gasteiger partial charge in [-0.1, -0.05) is 6.07 Å². The molecule has 1 atom stereocenters. The van der Waals surface area contributed by atoms with E-state index in [1.165, 1.54) is 15.7 Å². The van der Waals surface area contributed by atoms with Crippen molar-refractivity contribution in [2.45, 2.75) is 19.9 Å². The second kappa shape index (κ2) is 6.10. The molecule has 0 unspecified atom stereocenters. The van der Waals surface area contributed by atoms with Crippen molar-refractivity contribution in [2.24, 2.45) is 0 Å². The van der Waals surface area contributed by atoms with Crippen LogP contribution in [0.5, 0.6) is 0 Å². The summed E-state index contributed by atoms with van der Waals surface area (Å²) in [6.07, 6.45) is 1.69. The Kier molecular flexibility index (Phi) is 4.14. The maximum absolute atomic E-state index is 12.6. The van der Waals surface area contributed by atoms with Gasteiger partial charge in [-0.15, -0.1) is 11.3 Å². The summed E-state index contributed by atoms with van der Waals surface area (Å²) >= 11 is 1.23. The van der Waals surface area contributed by atoms with Crippen LogP contribution in [0.4, 0.5) is 0 Å². The fourth-order valence-electron chi connectivity index (χ4n) is 2.46. The third-order valence-electron chi connectivity index (χ3n) is 3.55. The molecule has 0 bridgehead atoms. The maximum Gasteiger partial charge on any atom is 0.266 e. The predicted molar refractivity (Wildman–Crippen MR) is 90.4 cm³/mol. The van der Waals surface area contributed by atoms with Gasteiger partial charge in [0.05, 0.1) is 16.9 Å². The number of thiophene rings is 1. The molecule has 7 heteroatoms. The molecule has 0 spiro atoms. The van der Waals surface area contributed by atoms with E-state index in [-0.39, 0.29) is 17.5 Å². The number of methoxy groups -OCH3 is 1. The summed E-state index contributed by atoms with van der Waals surface area (Å²) in [6, 6.07) is 5.22. The molecule has 3 heterocycles. The largest absolute Gasteiger partial charge is 0.383 e. The molecular formula is C16H17N3O3S. The van der Waals surface area contributed by atoms with Crippen molar-refractivity contribution in [3.63, 3.8) is 0 Å². The Morgan fingerprint density at radius 3 is 3.04 bits per heavy atom. The Bertz CT molecular complexity index is 945. The second-order valence-corrected chi connectivity index (χ2v) is 6.49. The molecule has 23 heavy (non-hydrogen) atoms. The number of amides is 1. The first-order valence-electron chi connectivity index (χ1n) is 7.22. The van der Waals surface area contributed by atoms with Crippen LogP contribution in [0.2, 0.25) is 0 Å². The monoisotopic (exact) mass is 331 g/mol. The molecule has 3 aromatic heterocycles. The highest BCUT2D eigenvalue weighted by atomic mass is 32.1. The lowest BCUT2D eigenvalue weighted by atomic mass is 10.3. The standard InChI is InChI=1S/C16H17N3O3S/c1-9-5-4-6-19-13(9)18-15-11(16(19)21)7-12(23-15)14(20)17-10(2)8-22-3/h4-7,10H,8H2,1-3H3,(H,17,20)/t10-/m0/s1. The topological polar surface area (TPSA) is 72.7 Å². The van der Waals surface area contributed by atoms with Gasteiger partial charge < -0.3 is 10.1 Å². The van der Waals surface area contributed by atoms with Crippen molar-refractivity contribution in [1.82, 2.24) is 14.7 Å². The van der Waals surface area contributed by atoms with Crippen LogP contribution in [0.1, 0.15) is 22.2 Å². The Labute approximate surface area is 136 Å². The Morgan fingerprint density at radius 2 is 2.30 bits per heavy atom. The van der Waals surface area contributed by atoms with Crippen LogP contribution in [0.15, 0.2) is 29.2 Å². The van der Waals surface area contributed by atoms with Crippen molar-refractivity contribution >= 4 is 33.1 Å². The minimum atomic E-state index is -0.220. The summed E-state index contributed by atoms with van der Waals surface area (Å²) < 4.78 is 6.52. The molecule has 0 aromatic carbocycles. The number of carbonyl (C=O) groups excluding carboxylic acids is 1. The lowest BCUT2D eigenvalue weighted by molar-refractivity contribution is 0.0909. The zero-order chi connectivity index (χ0) is 16.6.